The number of benzene rings is 1. The quantitative estimate of drug-likeness (QED) is 0.315. The zero-order valence-corrected chi connectivity index (χ0v) is 25.7. The molecule has 5 N–H and O–H groups in total. The maximum atomic E-state index is 14.2. The molecule has 0 bridgehead atoms. The molecule has 42 heavy (non-hydrogen) atoms. The highest BCUT2D eigenvalue weighted by atomic mass is 16.4. The second kappa shape index (κ2) is 9.61. The molecule has 6 atom stereocenters. The third-order valence-electron chi connectivity index (χ3n) is 10.0. The molecular formula is C33H42O9. The zero-order valence-electron chi connectivity index (χ0n) is 25.7. The number of aliphatic hydroxyl groups excluding tert-OH is 3. The Bertz CT molecular complexity index is 1490. The normalized spacial score (nSPS) is 33.0. The lowest BCUT2D eigenvalue weighted by Gasteiger charge is -2.63. The summed E-state index contributed by atoms with van der Waals surface area (Å²) < 4.78 is 0. The lowest BCUT2D eigenvalue weighted by molar-refractivity contribution is -0.211. The molecule has 0 aromatic heterocycles. The highest BCUT2D eigenvalue weighted by Crippen LogP contribution is 2.67. The molecule has 1 unspecified atom stereocenters. The maximum Gasteiger partial charge on any atom is 0.209 e. The maximum absolute atomic E-state index is 14.2. The van der Waals surface area contributed by atoms with Gasteiger partial charge in [0.05, 0.1) is 17.2 Å². The lowest BCUT2D eigenvalue weighted by atomic mass is 9.41. The number of allylic oxidation sites excluding steroid dienone is 1. The molecule has 1 aromatic rings. The number of aromatic hydroxyl groups is 1. The molecule has 0 amide bonds. The zero-order chi connectivity index (χ0) is 32.1. The number of rotatable bonds is 5. The minimum atomic E-state index is -2.94. The van der Waals surface area contributed by atoms with Gasteiger partial charge in [-0.2, -0.15) is 0 Å². The van der Waals surface area contributed by atoms with Gasteiger partial charge < -0.3 is 25.5 Å². The van der Waals surface area contributed by atoms with Crippen molar-refractivity contribution in [3.63, 3.8) is 0 Å². The molecule has 0 fully saturated rings. The van der Waals surface area contributed by atoms with E-state index in [9.17, 15) is 44.7 Å². The van der Waals surface area contributed by atoms with Crippen LogP contribution in [0.4, 0.5) is 0 Å². The second-order valence-corrected chi connectivity index (χ2v) is 14.3. The first-order valence-corrected chi connectivity index (χ1v) is 14.3. The molecule has 3 aliphatic rings. The molecule has 0 aliphatic heterocycles. The first-order chi connectivity index (χ1) is 19.1. The summed E-state index contributed by atoms with van der Waals surface area (Å²) in [5, 5.41) is 58.8. The molecular weight excluding hydrogens is 540 g/mol. The third-order valence-corrected chi connectivity index (χ3v) is 10.0. The average Bonchev–Trinajstić information content (AvgIpc) is 2.84. The van der Waals surface area contributed by atoms with Crippen LogP contribution in [-0.2, 0) is 20.8 Å². The van der Waals surface area contributed by atoms with Gasteiger partial charge in [0.2, 0.25) is 5.78 Å². The summed E-state index contributed by atoms with van der Waals surface area (Å²) in [4.78, 5) is 53.4. The van der Waals surface area contributed by atoms with E-state index in [-0.39, 0.29) is 35.2 Å². The average molecular weight is 583 g/mol. The molecule has 9 nitrogen and oxygen atoms in total. The molecule has 1 aromatic carbocycles. The molecule has 4 rings (SSSR count). The molecule has 0 heterocycles. The van der Waals surface area contributed by atoms with Crippen LogP contribution in [0.25, 0.3) is 0 Å². The minimum absolute atomic E-state index is 0.133. The van der Waals surface area contributed by atoms with Crippen molar-refractivity contribution in [1.29, 1.82) is 0 Å². The van der Waals surface area contributed by atoms with Gasteiger partial charge in [-0.3, -0.25) is 19.2 Å². The number of hydrogen-bond donors (Lipinski definition) is 5. The number of Topliss-reactive ketones (excluding diaryl/α,β-unsaturated/α-hetero) is 4. The van der Waals surface area contributed by atoms with Crippen molar-refractivity contribution in [2.75, 3.05) is 0 Å². The van der Waals surface area contributed by atoms with Crippen LogP contribution in [0, 0.1) is 28.1 Å². The van der Waals surface area contributed by atoms with Crippen LogP contribution in [-0.4, -0.2) is 60.4 Å². The smallest absolute Gasteiger partial charge is 0.209 e. The number of carbonyl (C=O) groups is 4. The SMILES string of the molecule is CC(=O)C1=C(O)C(C(C)C)[C@@]2(C)[C@H](O)[C@]3(C)C(=C(O)[C@@]2(O)C1=O)C(=O)c1c(ccc(CC(=O)CC(C)(C)C)c1O)[C@H]3C. The summed E-state index contributed by atoms with van der Waals surface area (Å²) in [5.41, 5.74) is -7.53. The molecule has 0 spiro atoms. The predicted octanol–water partition coefficient (Wildman–Crippen LogP) is 4.43. The fourth-order valence-electron chi connectivity index (χ4n) is 7.99. The summed E-state index contributed by atoms with van der Waals surface area (Å²) >= 11 is 0. The largest absolute Gasteiger partial charge is 0.511 e. The van der Waals surface area contributed by atoms with Gasteiger partial charge in [0.1, 0.15) is 28.6 Å². The van der Waals surface area contributed by atoms with Gasteiger partial charge in [-0.1, -0.05) is 67.5 Å². The van der Waals surface area contributed by atoms with Crippen molar-refractivity contribution in [3.8, 4) is 5.75 Å². The van der Waals surface area contributed by atoms with Crippen molar-refractivity contribution in [2.24, 2.45) is 28.1 Å². The standard InChI is InChI=1S/C33H42O9/c1-14(2)22-25(37)20(16(4)34)27(39)33(42)28(40)23-26(38)21-19(15(3)31(23,8)29(41)32(22,33)9)11-10-17(24(21)36)12-18(35)13-30(5,6)7/h10-11,14-15,22,29,36-37,40-42H,12-13H2,1-9H3/t15-,22?,29-,31+,32+,33+/m1/s1. The Morgan fingerprint density at radius 2 is 1.62 bits per heavy atom. The molecule has 0 saturated heterocycles. The van der Waals surface area contributed by atoms with E-state index >= 15 is 0 Å². The number of phenols is 1. The van der Waals surface area contributed by atoms with Crippen LogP contribution < -0.4 is 0 Å². The van der Waals surface area contributed by atoms with E-state index in [4.69, 9.17) is 0 Å². The molecule has 3 aliphatic carbocycles. The topological polar surface area (TPSA) is 169 Å². The predicted molar refractivity (Wildman–Crippen MR) is 154 cm³/mol. The van der Waals surface area contributed by atoms with Crippen LogP contribution in [0.2, 0.25) is 0 Å². The monoisotopic (exact) mass is 582 g/mol. The number of hydrogen-bond acceptors (Lipinski definition) is 9. The Morgan fingerprint density at radius 3 is 2.12 bits per heavy atom. The summed E-state index contributed by atoms with van der Waals surface area (Å²) in [5.74, 6) is -7.65. The van der Waals surface area contributed by atoms with Crippen LogP contribution in [0.15, 0.2) is 34.8 Å². The van der Waals surface area contributed by atoms with Gasteiger partial charge in [0.25, 0.3) is 0 Å². The summed E-state index contributed by atoms with van der Waals surface area (Å²) in [6.45, 7) is 14.8. The Morgan fingerprint density at radius 1 is 1.05 bits per heavy atom. The number of ketones is 4. The lowest BCUT2D eigenvalue weighted by Crippen LogP contribution is -2.73. The van der Waals surface area contributed by atoms with Gasteiger partial charge in [-0.25, -0.2) is 0 Å². The van der Waals surface area contributed by atoms with Crippen LogP contribution in [0.1, 0.15) is 96.1 Å². The van der Waals surface area contributed by atoms with Crippen molar-refractivity contribution < 1.29 is 44.7 Å². The molecule has 228 valence electrons. The number of aliphatic hydroxyl groups is 4. The van der Waals surface area contributed by atoms with Crippen LogP contribution in [0.5, 0.6) is 5.75 Å². The van der Waals surface area contributed by atoms with Crippen LogP contribution >= 0.6 is 0 Å². The molecule has 9 heteroatoms. The fraction of sp³-hybridized carbons (Fsp3) is 0.576. The highest BCUT2D eigenvalue weighted by molar-refractivity contribution is 6.25. The van der Waals surface area contributed by atoms with Crippen molar-refractivity contribution in [2.45, 2.75) is 92.8 Å². The highest BCUT2D eigenvalue weighted by Gasteiger charge is 2.76. The van der Waals surface area contributed by atoms with E-state index < -0.39 is 86.1 Å². The summed E-state index contributed by atoms with van der Waals surface area (Å²) in [6, 6.07) is 3.18. The Balaban J connectivity index is 2.02. The third kappa shape index (κ3) is 3.89. The number of fused-ring (bicyclic) bond motifs is 3. The molecule has 0 radical (unpaired) electrons. The number of carbonyl (C=O) groups excluding carboxylic acids is 4. The van der Waals surface area contributed by atoms with E-state index in [0.717, 1.165) is 6.92 Å². The molecule has 0 saturated carbocycles. The van der Waals surface area contributed by atoms with Gasteiger partial charge in [-0.15, -0.1) is 0 Å². The number of phenolic OH excluding ortho intramolecular Hbond substituents is 1. The van der Waals surface area contributed by atoms with E-state index in [2.05, 4.69) is 0 Å². The van der Waals surface area contributed by atoms with Crippen molar-refractivity contribution in [3.05, 3.63) is 51.5 Å². The Labute approximate surface area is 246 Å². The Kier molecular flexibility index (Phi) is 7.24. The minimum Gasteiger partial charge on any atom is -0.511 e. The van der Waals surface area contributed by atoms with Crippen molar-refractivity contribution in [1.82, 2.24) is 0 Å². The van der Waals surface area contributed by atoms with Gasteiger partial charge in [0.15, 0.2) is 17.2 Å². The van der Waals surface area contributed by atoms with E-state index in [1.54, 1.807) is 39.8 Å². The van der Waals surface area contributed by atoms with E-state index in [0.29, 0.717) is 5.56 Å². The first kappa shape index (κ1) is 31.6. The van der Waals surface area contributed by atoms with Gasteiger partial charge >= 0.3 is 0 Å². The first-order valence-electron chi connectivity index (χ1n) is 14.3. The second-order valence-electron chi connectivity index (χ2n) is 14.3. The Hall–Kier alpha value is -3.30. The van der Waals surface area contributed by atoms with Crippen molar-refractivity contribution >= 4 is 23.1 Å². The summed E-state index contributed by atoms with van der Waals surface area (Å²) in [7, 11) is 0. The van der Waals surface area contributed by atoms with Gasteiger partial charge in [0, 0.05) is 35.2 Å². The van der Waals surface area contributed by atoms with Crippen LogP contribution in [0.3, 0.4) is 0 Å². The summed E-state index contributed by atoms with van der Waals surface area (Å²) in [6.07, 6.45) is -1.57. The fourth-order valence-corrected chi connectivity index (χ4v) is 7.99. The van der Waals surface area contributed by atoms with Gasteiger partial charge in [-0.05, 0) is 29.7 Å². The van der Waals surface area contributed by atoms with E-state index in [1.165, 1.54) is 6.92 Å². The van der Waals surface area contributed by atoms with E-state index in [1.807, 2.05) is 20.8 Å².